The Morgan fingerprint density at radius 3 is 2.43 bits per heavy atom. The molecule has 0 saturated carbocycles. The van der Waals surface area contributed by atoms with Crippen molar-refractivity contribution in [1.29, 1.82) is 0 Å². The van der Waals surface area contributed by atoms with Gasteiger partial charge in [0.25, 0.3) is 5.91 Å². The van der Waals surface area contributed by atoms with Crippen molar-refractivity contribution in [2.75, 3.05) is 6.61 Å². The second-order valence-corrected chi connectivity index (χ2v) is 6.96. The van der Waals surface area contributed by atoms with E-state index in [0.717, 1.165) is 46.3 Å². The minimum absolute atomic E-state index is 0.0698. The maximum absolute atomic E-state index is 13.2. The number of nitrogens with zero attached hydrogens (tertiary/aromatic N) is 1. The molecule has 3 aromatic rings. The lowest BCUT2D eigenvalue weighted by Gasteiger charge is -2.09. The summed E-state index contributed by atoms with van der Waals surface area (Å²) < 4.78 is 7.33. The van der Waals surface area contributed by atoms with E-state index in [1.165, 1.54) is 0 Å². The molecule has 0 saturated heterocycles. The quantitative estimate of drug-likeness (QED) is 0.601. The number of carboxylic acids is 1. The Bertz CT molecular complexity index is 1020. The Morgan fingerprint density at radius 2 is 1.79 bits per heavy atom. The lowest BCUT2D eigenvalue weighted by Crippen LogP contribution is -2.13. The van der Waals surface area contributed by atoms with Crippen molar-refractivity contribution in [3.63, 3.8) is 0 Å². The van der Waals surface area contributed by atoms with E-state index in [1.54, 1.807) is 28.8 Å². The fraction of sp³-hybridized carbons (Fsp3) is 0.304. The van der Waals surface area contributed by atoms with Gasteiger partial charge in [-0.05, 0) is 61.7 Å². The zero-order valence-corrected chi connectivity index (χ0v) is 16.5. The number of carbonyl (C=O) groups excluding carboxylic acids is 1. The van der Waals surface area contributed by atoms with Crippen molar-refractivity contribution >= 4 is 22.8 Å². The molecule has 0 unspecified atom stereocenters. The van der Waals surface area contributed by atoms with Crippen LogP contribution in [0.4, 0.5) is 0 Å². The molecule has 0 fully saturated rings. The molecule has 3 rings (SSSR count). The van der Waals surface area contributed by atoms with Gasteiger partial charge in [0.1, 0.15) is 5.75 Å². The molecule has 1 aromatic heterocycles. The van der Waals surface area contributed by atoms with E-state index in [1.807, 2.05) is 32.0 Å². The summed E-state index contributed by atoms with van der Waals surface area (Å²) in [5.41, 5.74) is 3.77. The van der Waals surface area contributed by atoms with E-state index in [4.69, 9.17) is 4.74 Å². The topological polar surface area (TPSA) is 68.5 Å². The number of aromatic nitrogens is 1. The number of ether oxygens (including phenoxy) is 1. The highest BCUT2D eigenvalue weighted by Gasteiger charge is 2.20. The van der Waals surface area contributed by atoms with Crippen molar-refractivity contribution in [2.24, 2.45) is 0 Å². The molecule has 0 aliphatic carbocycles. The molecule has 0 radical (unpaired) electrons. The smallest absolute Gasteiger partial charge is 0.307 e. The third-order valence-electron chi connectivity index (χ3n) is 5.04. The SMILES string of the molecule is CCCCOc1ccc(C(=O)n2c(C)c(C)c3c(CC(=O)O)cccc32)cc1. The van der Waals surface area contributed by atoms with Gasteiger partial charge >= 0.3 is 5.97 Å². The summed E-state index contributed by atoms with van der Waals surface area (Å²) in [5, 5.41) is 10.0. The van der Waals surface area contributed by atoms with E-state index in [2.05, 4.69) is 6.92 Å². The molecule has 2 aromatic carbocycles. The summed E-state index contributed by atoms with van der Waals surface area (Å²) in [6.45, 7) is 6.59. The molecule has 1 heterocycles. The van der Waals surface area contributed by atoms with Crippen LogP contribution < -0.4 is 4.74 Å². The number of rotatable bonds is 7. The second-order valence-electron chi connectivity index (χ2n) is 6.96. The molecule has 0 bridgehead atoms. The summed E-state index contributed by atoms with van der Waals surface area (Å²) >= 11 is 0. The van der Waals surface area contributed by atoms with Crippen molar-refractivity contribution in [2.45, 2.75) is 40.0 Å². The Morgan fingerprint density at radius 1 is 1.07 bits per heavy atom. The summed E-state index contributed by atoms with van der Waals surface area (Å²) in [5.74, 6) is -0.274. The van der Waals surface area contributed by atoms with Crippen molar-refractivity contribution in [1.82, 2.24) is 4.57 Å². The monoisotopic (exact) mass is 379 g/mol. The number of hydrogen-bond donors (Lipinski definition) is 1. The highest BCUT2D eigenvalue weighted by atomic mass is 16.5. The minimum Gasteiger partial charge on any atom is -0.494 e. The third kappa shape index (κ3) is 3.79. The molecule has 5 heteroatoms. The Hall–Kier alpha value is -3.08. The summed E-state index contributed by atoms with van der Waals surface area (Å²) in [4.78, 5) is 24.4. The fourth-order valence-corrected chi connectivity index (χ4v) is 3.46. The number of aliphatic carboxylic acids is 1. The van der Waals surface area contributed by atoms with Crippen LogP contribution in [0.1, 0.15) is 46.9 Å². The van der Waals surface area contributed by atoms with E-state index < -0.39 is 5.97 Å². The van der Waals surface area contributed by atoms with E-state index in [9.17, 15) is 14.7 Å². The summed E-state index contributed by atoms with van der Waals surface area (Å²) in [7, 11) is 0. The average molecular weight is 379 g/mol. The maximum Gasteiger partial charge on any atom is 0.307 e. The fourth-order valence-electron chi connectivity index (χ4n) is 3.46. The third-order valence-corrected chi connectivity index (χ3v) is 5.04. The van der Waals surface area contributed by atoms with Crippen LogP contribution in [-0.4, -0.2) is 28.2 Å². The molecular formula is C23H25NO4. The summed E-state index contributed by atoms with van der Waals surface area (Å²) in [6.07, 6.45) is 1.99. The van der Waals surface area contributed by atoms with Crippen molar-refractivity contribution < 1.29 is 19.4 Å². The van der Waals surface area contributed by atoms with Crippen LogP contribution in [0.2, 0.25) is 0 Å². The van der Waals surface area contributed by atoms with Gasteiger partial charge in [-0.15, -0.1) is 0 Å². The van der Waals surface area contributed by atoms with Gasteiger partial charge in [0, 0.05) is 16.6 Å². The highest BCUT2D eigenvalue weighted by molar-refractivity contribution is 6.05. The molecule has 0 amide bonds. The van der Waals surface area contributed by atoms with Crippen LogP contribution in [0.5, 0.6) is 5.75 Å². The number of carboxylic acid groups (broad SMARTS) is 1. The van der Waals surface area contributed by atoms with Crippen LogP contribution in [0.15, 0.2) is 42.5 Å². The van der Waals surface area contributed by atoms with Gasteiger partial charge in [-0.3, -0.25) is 14.2 Å². The van der Waals surface area contributed by atoms with Crippen LogP contribution in [0.25, 0.3) is 10.9 Å². The van der Waals surface area contributed by atoms with Crippen LogP contribution in [0.3, 0.4) is 0 Å². The molecular weight excluding hydrogens is 354 g/mol. The molecule has 0 aliphatic rings. The molecule has 5 nitrogen and oxygen atoms in total. The Balaban J connectivity index is 1.98. The highest BCUT2D eigenvalue weighted by Crippen LogP contribution is 2.29. The predicted octanol–water partition coefficient (Wildman–Crippen LogP) is 4.75. The van der Waals surface area contributed by atoms with Crippen LogP contribution >= 0.6 is 0 Å². The maximum atomic E-state index is 13.2. The number of unbranched alkanes of at least 4 members (excludes halogenated alkanes) is 1. The van der Waals surface area contributed by atoms with Gasteiger partial charge < -0.3 is 9.84 Å². The minimum atomic E-state index is -0.887. The number of benzene rings is 2. The summed E-state index contributed by atoms with van der Waals surface area (Å²) in [6, 6.07) is 12.6. The first-order valence-electron chi connectivity index (χ1n) is 9.53. The van der Waals surface area contributed by atoms with E-state index >= 15 is 0 Å². The van der Waals surface area contributed by atoms with Gasteiger partial charge in [-0.2, -0.15) is 0 Å². The zero-order chi connectivity index (χ0) is 20.3. The first kappa shape index (κ1) is 19.7. The first-order chi connectivity index (χ1) is 13.4. The van der Waals surface area contributed by atoms with Gasteiger partial charge in [-0.1, -0.05) is 25.5 Å². The molecule has 0 atom stereocenters. The molecule has 28 heavy (non-hydrogen) atoms. The largest absolute Gasteiger partial charge is 0.494 e. The molecule has 0 spiro atoms. The number of aryl methyl sites for hydroxylation is 1. The van der Waals surface area contributed by atoms with Gasteiger partial charge in [-0.25, -0.2) is 0 Å². The first-order valence-corrected chi connectivity index (χ1v) is 9.53. The van der Waals surface area contributed by atoms with Crippen LogP contribution in [0, 0.1) is 13.8 Å². The Kier molecular flexibility index (Phi) is 5.83. The molecule has 0 aliphatic heterocycles. The molecule has 146 valence electrons. The standard InChI is InChI=1S/C23H25NO4/c1-4-5-13-28-19-11-9-17(10-12-19)23(27)24-16(3)15(2)22-18(14-21(25)26)7-6-8-20(22)24/h6-12H,4-5,13-14H2,1-3H3,(H,25,26). The van der Waals surface area contributed by atoms with E-state index in [-0.39, 0.29) is 12.3 Å². The average Bonchev–Trinajstić information content (AvgIpc) is 2.93. The second kappa shape index (κ2) is 8.30. The van der Waals surface area contributed by atoms with Gasteiger partial charge in [0.2, 0.25) is 0 Å². The van der Waals surface area contributed by atoms with Crippen LogP contribution in [-0.2, 0) is 11.2 Å². The number of fused-ring (bicyclic) bond motifs is 1. The van der Waals surface area contributed by atoms with Gasteiger partial charge in [0.05, 0.1) is 18.5 Å². The normalized spacial score (nSPS) is 11.0. The molecule has 1 N–H and O–H groups in total. The predicted molar refractivity (Wildman–Crippen MR) is 109 cm³/mol. The van der Waals surface area contributed by atoms with Crippen molar-refractivity contribution in [3.8, 4) is 5.75 Å². The Labute approximate surface area is 164 Å². The van der Waals surface area contributed by atoms with Crippen molar-refractivity contribution in [3.05, 3.63) is 64.8 Å². The number of hydrogen-bond acceptors (Lipinski definition) is 3. The van der Waals surface area contributed by atoms with E-state index in [0.29, 0.717) is 12.2 Å². The number of carbonyl (C=O) groups is 2. The zero-order valence-electron chi connectivity index (χ0n) is 16.5. The van der Waals surface area contributed by atoms with Gasteiger partial charge in [0.15, 0.2) is 0 Å². The lowest BCUT2D eigenvalue weighted by molar-refractivity contribution is -0.136. The lowest BCUT2D eigenvalue weighted by atomic mass is 10.0.